The summed E-state index contributed by atoms with van der Waals surface area (Å²) in [6.45, 7) is 3.82. The molecule has 0 aliphatic heterocycles. The second-order valence-corrected chi connectivity index (χ2v) is 8.93. The average molecular weight is 499 g/mol. The van der Waals surface area contributed by atoms with E-state index in [-0.39, 0.29) is 18.3 Å². The molecule has 3 rings (SSSR count). The van der Waals surface area contributed by atoms with Gasteiger partial charge in [0.1, 0.15) is 0 Å². The largest absolute Gasteiger partial charge is 0.493 e. The number of nitriles is 2. The van der Waals surface area contributed by atoms with Crippen LogP contribution in [0.4, 0.5) is 0 Å². The Kier molecular flexibility index (Phi) is 9.41. The number of methoxy groups -OCH3 is 4. The van der Waals surface area contributed by atoms with E-state index >= 15 is 0 Å². The lowest BCUT2D eigenvalue weighted by Crippen LogP contribution is -2.29. The summed E-state index contributed by atoms with van der Waals surface area (Å²) in [5.41, 5.74) is 1.57. The first-order chi connectivity index (χ1) is 18.0. The fourth-order valence-corrected chi connectivity index (χ4v) is 5.05. The molecule has 0 heterocycles. The number of benzene rings is 2. The van der Waals surface area contributed by atoms with E-state index in [0.29, 0.717) is 23.0 Å². The first-order valence-electron chi connectivity index (χ1n) is 12.3. The Morgan fingerprint density at radius 2 is 1.57 bits per heavy atom. The summed E-state index contributed by atoms with van der Waals surface area (Å²) in [5.74, 6) is 2.40. The van der Waals surface area contributed by atoms with E-state index in [1.807, 2.05) is 42.5 Å². The molecule has 0 amide bonds. The van der Waals surface area contributed by atoms with Crippen LogP contribution < -0.4 is 18.9 Å². The van der Waals surface area contributed by atoms with Crippen molar-refractivity contribution in [3.63, 3.8) is 0 Å². The SMILES string of the molecule is C=CCC(C#N)(C#N)C1=CCCC[C@H]1C(/C=C/c1ccc(OC)c(OC)c1)c1ccc(OC)c(OC)c1. The number of hydrogen-bond donors (Lipinski definition) is 0. The molecule has 0 bridgehead atoms. The highest BCUT2D eigenvalue weighted by Crippen LogP contribution is 2.48. The van der Waals surface area contributed by atoms with Gasteiger partial charge >= 0.3 is 0 Å². The molecule has 1 unspecified atom stereocenters. The maximum absolute atomic E-state index is 10.2. The zero-order chi connectivity index (χ0) is 26.8. The smallest absolute Gasteiger partial charge is 0.168 e. The molecule has 0 aromatic heterocycles. The molecule has 6 nitrogen and oxygen atoms in total. The molecule has 6 heteroatoms. The van der Waals surface area contributed by atoms with Gasteiger partial charge in [-0.3, -0.25) is 0 Å². The Hall–Kier alpha value is -4.16. The van der Waals surface area contributed by atoms with Crippen molar-refractivity contribution in [2.75, 3.05) is 28.4 Å². The van der Waals surface area contributed by atoms with Gasteiger partial charge in [0.25, 0.3) is 0 Å². The topological polar surface area (TPSA) is 84.5 Å². The van der Waals surface area contributed by atoms with Crippen molar-refractivity contribution in [3.05, 3.63) is 77.9 Å². The lowest BCUT2D eigenvalue weighted by molar-refractivity contribution is 0.353. The van der Waals surface area contributed by atoms with Gasteiger partial charge in [-0.05, 0) is 66.1 Å². The van der Waals surface area contributed by atoms with Crippen LogP contribution in [0.25, 0.3) is 6.08 Å². The van der Waals surface area contributed by atoms with Crippen LogP contribution in [0.1, 0.15) is 42.7 Å². The van der Waals surface area contributed by atoms with Crippen LogP contribution in [0, 0.1) is 34.0 Å². The second-order valence-electron chi connectivity index (χ2n) is 8.93. The van der Waals surface area contributed by atoms with Crippen molar-refractivity contribution in [2.24, 2.45) is 11.3 Å². The van der Waals surface area contributed by atoms with E-state index in [4.69, 9.17) is 18.9 Å². The zero-order valence-corrected chi connectivity index (χ0v) is 22.0. The number of allylic oxidation sites excluding steroid dienone is 4. The highest BCUT2D eigenvalue weighted by Gasteiger charge is 2.41. The number of ether oxygens (including phenoxy) is 4. The molecule has 2 aromatic carbocycles. The Bertz CT molecular complexity index is 1230. The molecule has 0 fully saturated rings. The van der Waals surface area contributed by atoms with E-state index in [0.717, 1.165) is 36.0 Å². The van der Waals surface area contributed by atoms with Gasteiger partial charge in [0.15, 0.2) is 28.4 Å². The van der Waals surface area contributed by atoms with Crippen molar-refractivity contribution in [1.29, 1.82) is 10.5 Å². The van der Waals surface area contributed by atoms with Gasteiger partial charge < -0.3 is 18.9 Å². The van der Waals surface area contributed by atoms with E-state index in [2.05, 4.69) is 30.9 Å². The predicted octanol–water partition coefficient (Wildman–Crippen LogP) is 6.85. The summed E-state index contributed by atoms with van der Waals surface area (Å²) >= 11 is 0. The van der Waals surface area contributed by atoms with Gasteiger partial charge in [-0.15, -0.1) is 6.58 Å². The van der Waals surface area contributed by atoms with E-state index in [1.165, 1.54) is 0 Å². The third kappa shape index (κ3) is 5.81. The van der Waals surface area contributed by atoms with Gasteiger partial charge in [-0.1, -0.05) is 36.4 Å². The minimum atomic E-state index is -1.25. The van der Waals surface area contributed by atoms with Crippen LogP contribution in [-0.2, 0) is 0 Å². The van der Waals surface area contributed by atoms with Gasteiger partial charge in [0.2, 0.25) is 0 Å². The Labute approximate surface area is 220 Å². The van der Waals surface area contributed by atoms with Crippen molar-refractivity contribution >= 4 is 6.08 Å². The lowest BCUT2D eigenvalue weighted by atomic mass is 9.65. The summed E-state index contributed by atoms with van der Waals surface area (Å²) in [4.78, 5) is 0. The molecule has 0 saturated carbocycles. The first kappa shape index (κ1) is 27.4. The Morgan fingerprint density at radius 1 is 0.946 bits per heavy atom. The van der Waals surface area contributed by atoms with Gasteiger partial charge in [0, 0.05) is 12.3 Å². The van der Waals surface area contributed by atoms with Crippen LogP contribution in [-0.4, -0.2) is 28.4 Å². The van der Waals surface area contributed by atoms with Crippen LogP contribution in [0.2, 0.25) is 0 Å². The molecular weight excluding hydrogens is 464 g/mol. The van der Waals surface area contributed by atoms with Crippen molar-refractivity contribution in [3.8, 4) is 35.1 Å². The maximum Gasteiger partial charge on any atom is 0.168 e. The molecule has 0 spiro atoms. The minimum Gasteiger partial charge on any atom is -0.493 e. The molecule has 2 aromatic rings. The number of rotatable bonds is 11. The van der Waals surface area contributed by atoms with Gasteiger partial charge in [-0.25, -0.2) is 0 Å². The second kappa shape index (κ2) is 12.7. The molecule has 0 N–H and O–H groups in total. The first-order valence-corrected chi connectivity index (χ1v) is 12.3. The van der Waals surface area contributed by atoms with Crippen molar-refractivity contribution in [1.82, 2.24) is 0 Å². The molecular formula is C31H34N2O4. The quantitative estimate of drug-likeness (QED) is 0.315. The minimum absolute atomic E-state index is 0.0532. The third-order valence-electron chi connectivity index (χ3n) is 6.94. The van der Waals surface area contributed by atoms with E-state index in [1.54, 1.807) is 34.5 Å². The number of nitrogens with zero attached hydrogens (tertiary/aromatic N) is 2. The maximum atomic E-state index is 10.2. The van der Waals surface area contributed by atoms with Gasteiger partial charge in [-0.2, -0.15) is 10.5 Å². The predicted molar refractivity (Wildman–Crippen MR) is 145 cm³/mol. The van der Waals surface area contributed by atoms with Crippen molar-refractivity contribution < 1.29 is 18.9 Å². The van der Waals surface area contributed by atoms with Crippen LogP contribution in [0.5, 0.6) is 23.0 Å². The third-order valence-corrected chi connectivity index (χ3v) is 6.94. The van der Waals surface area contributed by atoms with Crippen LogP contribution >= 0.6 is 0 Å². The number of hydrogen-bond acceptors (Lipinski definition) is 6. The Balaban J connectivity index is 2.15. The van der Waals surface area contributed by atoms with Crippen LogP contribution in [0.15, 0.2) is 66.8 Å². The zero-order valence-electron chi connectivity index (χ0n) is 22.0. The molecule has 1 aliphatic rings. The summed E-state index contributed by atoms with van der Waals surface area (Å²) in [6.07, 6.45) is 10.9. The molecule has 1 aliphatic carbocycles. The van der Waals surface area contributed by atoms with E-state index < -0.39 is 5.41 Å². The van der Waals surface area contributed by atoms with E-state index in [9.17, 15) is 10.5 Å². The highest BCUT2D eigenvalue weighted by molar-refractivity contribution is 5.58. The lowest BCUT2D eigenvalue weighted by Gasteiger charge is -2.36. The summed E-state index contributed by atoms with van der Waals surface area (Å²) < 4.78 is 21.9. The molecule has 2 atom stereocenters. The summed E-state index contributed by atoms with van der Waals surface area (Å²) in [5, 5.41) is 20.3. The van der Waals surface area contributed by atoms with Crippen LogP contribution in [0.3, 0.4) is 0 Å². The Morgan fingerprint density at radius 3 is 2.16 bits per heavy atom. The summed E-state index contributed by atoms with van der Waals surface area (Å²) in [6, 6.07) is 16.3. The van der Waals surface area contributed by atoms with Crippen molar-refractivity contribution in [2.45, 2.75) is 31.6 Å². The normalized spacial score (nSPS) is 16.2. The molecule has 37 heavy (non-hydrogen) atoms. The average Bonchev–Trinajstić information content (AvgIpc) is 2.96. The molecule has 0 saturated heterocycles. The monoisotopic (exact) mass is 498 g/mol. The molecule has 192 valence electrons. The molecule has 0 radical (unpaired) electrons. The fourth-order valence-electron chi connectivity index (χ4n) is 5.05. The summed E-state index contributed by atoms with van der Waals surface area (Å²) in [7, 11) is 6.44. The standard InChI is InChI=1S/C31H34N2O4/c1-6-17-31(20-32,21-33)26-10-8-7-9-25(26)24(23-13-16-28(35-3)30(19-23)37-5)14-11-22-12-15-27(34-2)29(18-22)36-4/h6,10-16,18-19,24-25H,1,7-9,17H2,2-5H3/b14-11+/t24?,25-/m0/s1. The highest BCUT2D eigenvalue weighted by atomic mass is 16.5. The van der Waals surface area contributed by atoms with Gasteiger partial charge in [0.05, 0.1) is 40.6 Å². The fraction of sp³-hybridized carbons (Fsp3) is 0.355.